The van der Waals surface area contributed by atoms with E-state index < -0.39 is 0 Å². The molecule has 1 aliphatic rings. The Balaban J connectivity index is 1.89. The van der Waals surface area contributed by atoms with Gasteiger partial charge in [-0.2, -0.15) is 0 Å². The molecular weight excluding hydrogens is 232 g/mol. The highest BCUT2D eigenvalue weighted by Gasteiger charge is 2.54. The summed E-state index contributed by atoms with van der Waals surface area (Å²) in [5.41, 5.74) is 2.20. The topological polar surface area (TPSA) is 12.5 Å². The van der Waals surface area contributed by atoms with Gasteiger partial charge in [0.05, 0.1) is 0 Å². The number of halogens is 1. The van der Waals surface area contributed by atoms with E-state index >= 15 is 0 Å². The summed E-state index contributed by atoms with van der Waals surface area (Å²) < 4.78 is 5.87. The Hall–Kier alpha value is -1.31. The first-order valence-corrected chi connectivity index (χ1v) is 6.07. The van der Waals surface area contributed by atoms with Crippen molar-refractivity contribution in [2.45, 2.75) is 18.6 Å². The van der Waals surface area contributed by atoms with E-state index in [2.05, 4.69) is 19.1 Å². The fourth-order valence-electron chi connectivity index (χ4n) is 2.22. The van der Waals surface area contributed by atoms with Crippen LogP contribution in [0, 0.1) is 0 Å². The number of benzene rings is 2. The van der Waals surface area contributed by atoms with Gasteiger partial charge in [-0.25, -0.2) is 0 Å². The third kappa shape index (κ3) is 1.86. The van der Waals surface area contributed by atoms with E-state index in [9.17, 15) is 0 Å². The van der Waals surface area contributed by atoms with Crippen LogP contribution in [0.15, 0.2) is 54.6 Å². The van der Waals surface area contributed by atoms with Gasteiger partial charge in [-0.1, -0.05) is 54.1 Å². The maximum absolute atomic E-state index is 5.89. The van der Waals surface area contributed by atoms with Crippen molar-refractivity contribution in [2.75, 3.05) is 0 Å². The van der Waals surface area contributed by atoms with Gasteiger partial charge in [-0.05, 0) is 30.2 Å². The van der Waals surface area contributed by atoms with Crippen molar-refractivity contribution >= 4 is 11.6 Å². The lowest BCUT2D eigenvalue weighted by Gasteiger charge is -2.07. The zero-order chi connectivity index (χ0) is 11.9. The molecule has 1 fully saturated rings. The van der Waals surface area contributed by atoms with Crippen LogP contribution in [0.5, 0.6) is 0 Å². The van der Waals surface area contributed by atoms with Gasteiger partial charge in [0.25, 0.3) is 0 Å². The molecule has 2 heteroatoms. The van der Waals surface area contributed by atoms with Gasteiger partial charge >= 0.3 is 0 Å². The van der Waals surface area contributed by atoms with Crippen molar-refractivity contribution in [3.8, 4) is 0 Å². The second kappa shape index (κ2) is 3.86. The van der Waals surface area contributed by atoms with E-state index in [0.717, 1.165) is 5.02 Å². The van der Waals surface area contributed by atoms with Crippen LogP contribution < -0.4 is 0 Å². The smallest absolute Gasteiger partial charge is 0.122 e. The highest BCUT2D eigenvalue weighted by molar-refractivity contribution is 6.30. The van der Waals surface area contributed by atoms with Gasteiger partial charge in [-0.15, -0.1) is 0 Å². The van der Waals surface area contributed by atoms with Crippen LogP contribution in [-0.2, 0) is 10.3 Å². The molecule has 0 saturated carbocycles. The summed E-state index contributed by atoms with van der Waals surface area (Å²) in [7, 11) is 0. The van der Waals surface area contributed by atoms with Gasteiger partial charge in [0, 0.05) is 5.02 Å². The van der Waals surface area contributed by atoms with Crippen LogP contribution in [-0.4, -0.2) is 0 Å². The molecule has 3 rings (SSSR count). The molecule has 0 spiro atoms. The van der Waals surface area contributed by atoms with E-state index in [1.807, 2.05) is 42.5 Å². The molecule has 2 atom stereocenters. The molecule has 1 nitrogen and oxygen atoms in total. The van der Waals surface area contributed by atoms with Gasteiger partial charge in [-0.3, -0.25) is 0 Å². The summed E-state index contributed by atoms with van der Waals surface area (Å²) >= 11 is 5.89. The average molecular weight is 245 g/mol. The number of ether oxygens (including phenoxy) is 1. The summed E-state index contributed by atoms with van der Waals surface area (Å²) in [6.45, 7) is 2.12. The summed E-state index contributed by atoms with van der Waals surface area (Å²) in [6, 6.07) is 18.2. The first kappa shape index (κ1) is 10.8. The monoisotopic (exact) mass is 244 g/mol. The van der Waals surface area contributed by atoms with E-state index in [4.69, 9.17) is 16.3 Å². The molecule has 0 amide bonds. The Morgan fingerprint density at radius 1 is 1.00 bits per heavy atom. The lowest BCUT2D eigenvalue weighted by Crippen LogP contribution is -2.03. The van der Waals surface area contributed by atoms with Crippen molar-refractivity contribution in [3.63, 3.8) is 0 Å². The lowest BCUT2D eigenvalue weighted by atomic mass is 9.94. The molecule has 0 N–H and O–H groups in total. The number of epoxide rings is 1. The van der Waals surface area contributed by atoms with Crippen molar-refractivity contribution in [1.29, 1.82) is 0 Å². The van der Waals surface area contributed by atoms with Crippen molar-refractivity contribution in [3.05, 3.63) is 70.7 Å². The molecule has 2 aromatic rings. The lowest BCUT2D eigenvalue weighted by molar-refractivity contribution is 0.313. The van der Waals surface area contributed by atoms with Crippen LogP contribution in [0.25, 0.3) is 0 Å². The van der Waals surface area contributed by atoms with Gasteiger partial charge < -0.3 is 4.74 Å². The largest absolute Gasteiger partial charge is 0.356 e. The molecule has 86 valence electrons. The van der Waals surface area contributed by atoms with Crippen LogP contribution in [0.2, 0.25) is 5.02 Å². The minimum absolute atomic E-state index is 0.157. The van der Waals surface area contributed by atoms with E-state index in [-0.39, 0.29) is 11.7 Å². The molecule has 1 heterocycles. The molecule has 17 heavy (non-hydrogen) atoms. The molecule has 0 aromatic heterocycles. The minimum atomic E-state index is -0.202. The zero-order valence-electron chi connectivity index (χ0n) is 9.56. The maximum Gasteiger partial charge on any atom is 0.122 e. The molecule has 0 radical (unpaired) electrons. The fraction of sp³-hybridized carbons (Fsp3) is 0.200. The first-order valence-electron chi connectivity index (χ1n) is 5.69. The number of rotatable bonds is 2. The summed E-state index contributed by atoms with van der Waals surface area (Å²) in [6.07, 6.45) is 0.157. The SMILES string of the molecule is C[C@]1(c2ccc(Cl)cc2)O[C@@H]1c1ccccc1. The predicted octanol–water partition coefficient (Wildman–Crippen LogP) is 4.33. The number of hydrogen-bond acceptors (Lipinski definition) is 1. The maximum atomic E-state index is 5.89. The Morgan fingerprint density at radius 2 is 1.65 bits per heavy atom. The van der Waals surface area contributed by atoms with Crippen molar-refractivity contribution in [1.82, 2.24) is 0 Å². The Kier molecular flexibility index (Phi) is 2.46. The van der Waals surface area contributed by atoms with Crippen LogP contribution >= 0.6 is 11.6 Å². The van der Waals surface area contributed by atoms with Gasteiger partial charge in [0.1, 0.15) is 11.7 Å². The third-order valence-electron chi connectivity index (χ3n) is 3.33. The zero-order valence-corrected chi connectivity index (χ0v) is 10.3. The van der Waals surface area contributed by atoms with Crippen LogP contribution in [0.3, 0.4) is 0 Å². The third-order valence-corrected chi connectivity index (χ3v) is 3.58. The summed E-state index contributed by atoms with van der Waals surface area (Å²) in [5, 5.41) is 0.759. The molecule has 0 aliphatic carbocycles. The molecular formula is C15H13ClO. The second-order valence-electron chi connectivity index (χ2n) is 4.52. The van der Waals surface area contributed by atoms with Crippen LogP contribution in [0.1, 0.15) is 24.2 Å². The average Bonchev–Trinajstić information content (AvgIpc) is 3.05. The predicted molar refractivity (Wildman–Crippen MR) is 69.1 cm³/mol. The first-order chi connectivity index (χ1) is 8.20. The standard InChI is InChI=1S/C15H13ClO/c1-15(12-7-9-13(16)10-8-12)14(17-15)11-5-3-2-4-6-11/h2-10,14H,1H3/t14-,15-/m1/s1. The molecule has 2 aromatic carbocycles. The fourth-order valence-corrected chi connectivity index (χ4v) is 2.35. The summed E-state index contributed by atoms with van der Waals surface area (Å²) in [4.78, 5) is 0. The Morgan fingerprint density at radius 3 is 2.29 bits per heavy atom. The Bertz CT molecular complexity index is 520. The van der Waals surface area contributed by atoms with E-state index in [0.29, 0.717) is 0 Å². The number of hydrogen-bond donors (Lipinski definition) is 0. The van der Waals surface area contributed by atoms with E-state index in [1.165, 1.54) is 11.1 Å². The van der Waals surface area contributed by atoms with E-state index in [1.54, 1.807) is 0 Å². The molecule has 0 unspecified atom stereocenters. The molecule has 1 aliphatic heterocycles. The van der Waals surface area contributed by atoms with Gasteiger partial charge in [0.15, 0.2) is 0 Å². The van der Waals surface area contributed by atoms with Crippen LogP contribution in [0.4, 0.5) is 0 Å². The quantitative estimate of drug-likeness (QED) is 0.717. The van der Waals surface area contributed by atoms with Crippen molar-refractivity contribution in [2.24, 2.45) is 0 Å². The van der Waals surface area contributed by atoms with Gasteiger partial charge in [0.2, 0.25) is 0 Å². The highest BCUT2D eigenvalue weighted by atomic mass is 35.5. The highest BCUT2D eigenvalue weighted by Crippen LogP contribution is 2.56. The summed E-state index contributed by atoms with van der Waals surface area (Å²) in [5.74, 6) is 0. The molecule has 0 bridgehead atoms. The van der Waals surface area contributed by atoms with Crippen molar-refractivity contribution < 1.29 is 4.74 Å². The minimum Gasteiger partial charge on any atom is -0.356 e. The normalized spacial score (nSPS) is 26.8. The second-order valence-corrected chi connectivity index (χ2v) is 4.96. The molecule has 1 saturated heterocycles. The Labute approximate surface area is 106 Å².